The summed E-state index contributed by atoms with van der Waals surface area (Å²) in [5.74, 6) is 0.523. The first-order valence-corrected chi connectivity index (χ1v) is 7.94. The number of nitrogens with one attached hydrogen (secondary N) is 2. The van der Waals surface area contributed by atoms with Crippen molar-refractivity contribution in [1.82, 2.24) is 15.6 Å². The van der Waals surface area contributed by atoms with Crippen molar-refractivity contribution < 1.29 is 4.79 Å². The minimum atomic E-state index is -0.0188. The van der Waals surface area contributed by atoms with Gasteiger partial charge in [-0.25, -0.2) is 4.98 Å². The van der Waals surface area contributed by atoms with Gasteiger partial charge in [0.2, 0.25) is 5.91 Å². The smallest absolute Gasteiger partial charge is 0.233 e. The van der Waals surface area contributed by atoms with E-state index in [1.54, 1.807) is 18.4 Å². The molecule has 0 atom stereocenters. The molecular formula is C16H21N3OS. The standard InChI is InChI=1S/C16H21N3OS/c1-11(2)12-4-6-13(7-5-12)16-19-14(10-21-16)8-18-9-15(20)17-3/h4-7,10-11,18H,8-9H2,1-3H3,(H,17,20). The number of hydrogen-bond donors (Lipinski definition) is 2. The molecule has 0 aliphatic carbocycles. The lowest BCUT2D eigenvalue weighted by molar-refractivity contribution is -0.119. The first-order chi connectivity index (χ1) is 10.1. The fourth-order valence-electron chi connectivity index (χ4n) is 1.92. The van der Waals surface area contributed by atoms with E-state index in [2.05, 4.69) is 53.7 Å². The van der Waals surface area contributed by atoms with Crippen molar-refractivity contribution in [3.8, 4) is 10.6 Å². The molecule has 2 aromatic rings. The number of nitrogens with zero attached hydrogens (tertiary/aromatic N) is 1. The highest BCUT2D eigenvalue weighted by atomic mass is 32.1. The van der Waals surface area contributed by atoms with Gasteiger partial charge in [0.25, 0.3) is 0 Å². The third-order valence-electron chi connectivity index (χ3n) is 3.25. The van der Waals surface area contributed by atoms with Crippen LogP contribution in [0.2, 0.25) is 0 Å². The Hall–Kier alpha value is -1.72. The van der Waals surface area contributed by atoms with Gasteiger partial charge in [0, 0.05) is 24.5 Å². The molecule has 1 aromatic heterocycles. The second kappa shape index (κ2) is 7.33. The Kier molecular flexibility index (Phi) is 5.47. The Labute approximate surface area is 129 Å². The fraction of sp³-hybridized carbons (Fsp3) is 0.375. The largest absolute Gasteiger partial charge is 0.358 e. The maximum Gasteiger partial charge on any atom is 0.233 e. The molecule has 0 fully saturated rings. The summed E-state index contributed by atoms with van der Waals surface area (Å²) in [6.07, 6.45) is 0. The molecule has 112 valence electrons. The fourth-order valence-corrected chi connectivity index (χ4v) is 2.75. The molecule has 1 heterocycles. The topological polar surface area (TPSA) is 54.0 Å². The van der Waals surface area contributed by atoms with Crippen LogP contribution < -0.4 is 10.6 Å². The molecule has 0 aliphatic heterocycles. The number of benzene rings is 1. The van der Waals surface area contributed by atoms with E-state index in [0.717, 1.165) is 16.3 Å². The van der Waals surface area contributed by atoms with Crippen LogP contribution in [-0.4, -0.2) is 24.5 Å². The van der Waals surface area contributed by atoms with Crippen LogP contribution in [0.4, 0.5) is 0 Å². The number of carbonyl (C=O) groups excluding carboxylic acids is 1. The summed E-state index contributed by atoms with van der Waals surface area (Å²) >= 11 is 1.63. The molecule has 5 heteroatoms. The van der Waals surface area contributed by atoms with Crippen molar-refractivity contribution >= 4 is 17.2 Å². The van der Waals surface area contributed by atoms with Crippen molar-refractivity contribution in [1.29, 1.82) is 0 Å². The molecule has 2 N–H and O–H groups in total. The molecule has 1 aromatic carbocycles. The second-order valence-corrected chi connectivity index (χ2v) is 6.06. The first-order valence-electron chi connectivity index (χ1n) is 7.06. The van der Waals surface area contributed by atoms with E-state index in [1.165, 1.54) is 5.56 Å². The van der Waals surface area contributed by atoms with E-state index in [4.69, 9.17) is 0 Å². The van der Waals surface area contributed by atoms with E-state index < -0.39 is 0 Å². The Morgan fingerprint density at radius 1 is 1.29 bits per heavy atom. The molecule has 1 amide bonds. The summed E-state index contributed by atoms with van der Waals surface area (Å²) < 4.78 is 0. The van der Waals surface area contributed by atoms with Gasteiger partial charge in [0.05, 0.1) is 12.2 Å². The summed E-state index contributed by atoms with van der Waals surface area (Å²) in [5, 5.41) is 8.70. The Morgan fingerprint density at radius 3 is 2.62 bits per heavy atom. The number of likely N-dealkylation sites (N-methyl/N-ethyl adjacent to an activating group) is 1. The zero-order valence-electron chi connectivity index (χ0n) is 12.6. The van der Waals surface area contributed by atoms with E-state index in [9.17, 15) is 4.79 Å². The highest BCUT2D eigenvalue weighted by Gasteiger charge is 2.06. The minimum Gasteiger partial charge on any atom is -0.358 e. The number of amides is 1. The SMILES string of the molecule is CNC(=O)CNCc1csc(-c2ccc(C(C)C)cc2)n1. The van der Waals surface area contributed by atoms with E-state index in [1.807, 2.05) is 5.38 Å². The van der Waals surface area contributed by atoms with Crippen LogP contribution >= 0.6 is 11.3 Å². The summed E-state index contributed by atoms with van der Waals surface area (Å²) in [7, 11) is 1.63. The molecule has 4 nitrogen and oxygen atoms in total. The van der Waals surface area contributed by atoms with Gasteiger partial charge < -0.3 is 10.6 Å². The molecule has 0 bridgehead atoms. The van der Waals surface area contributed by atoms with Crippen molar-refractivity contribution in [3.05, 3.63) is 40.9 Å². The summed E-state index contributed by atoms with van der Waals surface area (Å²) in [5.41, 5.74) is 3.44. The average Bonchev–Trinajstić information content (AvgIpc) is 2.96. The van der Waals surface area contributed by atoms with Crippen LogP contribution in [0.5, 0.6) is 0 Å². The van der Waals surface area contributed by atoms with Crippen LogP contribution in [0.15, 0.2) is 29.6 Å². The van der Waals surface area contributed by atoms with Gasteiger partial charge in [-0.3, -0.25) is 4.79 Å². The zero-order valence-corrected chi connectivity index (χ0v) is 13.5. The highest BCUT2D eigenvalue weighted by molar-refractivity contribution is 7.13. The second-order valence-electron chi connectivity index (χ2n) is 5.20. The molecular weight excluding hydrogens is 282 g/mol. The van der Waals surface area contributed by atoms with Gasteiger partial charge in [-0.1, -0.05) is 38.1 Å². The van der Waals surface area contributed by atoms with E-state index in [0.29, 0.717) is 19.0 Å². The molecule has 21 heavy (non-hydrogen) atoms. The van der Waals surface area contributed by atoms with Gasteiger partial charge >= 0.3 is 0 Å². The maximum absolute atomic E-state index is 11.1. The summed E-state index contributed by atoms with van der Waals surface area (Å²) in [4.78, 5) is 15.7. The molecule has 0 saturated heterocycles. The number of thiazole rings is 1. The average molecular weight is 303 g/mol. The Bertz CT molecular complexity index is 590. The lowest BCUT2D eigenvalue weighted by Gasteiger charge is -2.05. The van der Waals surface area contributed by atoms with Crippen LogP contribution in [0, 0.1) is 0 Å². The van der Waals surface area contributed by atoms with Gasteiger partial charge in [-0.05, 0) is 11.5 Å². The predicted octanol–water partition coefficient (Wildman–Crippen LogP) is 2.77. The molecule has 0 aliphatic rings. The van der Waals surface area contributed by atoms with Gasteiger partial charge in [-0.2, -0.15) is 0 Å². The van der Waals surface area contributed by atoms with Crippen molar-refractivity contribution in [2.45, 2.75) is 26.3 Å². The van der Waals surface area contributed by atoms with Crippen molar-refractivity contribution in [3.63, 3.8) is 0 Å². The van der Waals surface area contributed by atoms with Gasteiger partial charge in [-0.15, -0.1) is 11.3 Å². The third kappa shape index (κ3) is 4.37. The van der Waals surface area contributed by atoms with Gasteiger partial charge in [0.1, 0.15) is 5.01 Å². The summed E-state index contributed by atoms with van der Waals surface area (Å²) in [6, 6.07) is 8.56. The van der Waals surface area contributed by atoms with E-state index >= 15 is 0 Å². The Balaban J connectivity index is 1.97. The molecule has 2 rings (SSSR count). The first kappa shape index (κ1) is 15.7. The monoisotopic (exact) mass is 303 g/mol. The van der Waals surface area contributed by atoms with Crippen LogP contribution in [-0.2, 0) is 11.3 Å². The number of hydrogen-bond acceptors (Lipinski definition) is 4. The van der Waals surface area contributed by atoms with Crippen molar-refractivity contribution in [2.75, 3.05) is 13.6 Å². The molecule has 0 spiro atoms. The molecule has 0 unspecified atom stereocenters. The van der Waals surface area contributed by atoms with E-state index in [-0.39, 0.29) is 5.91 Å². The van der Waals surface area contributed by atoms with Crippen molar-refractivity contribution in [2.24, 2.45) is 0 Å². The lowest BCUT2D eigenvalue weighted by atomic mass is 10.0. The third-order valence-corrected chi connectivity index (χ3v) is 4.19. The van der Waals surface area contributed by atoms with Crippen LogP contribution in [0.25, 0.3) is 10.6 Å². The van der Waals surface area contributed by atoms with Gasteiger partial charge in [0.15, 0.2) is 0 Å². The Morgan fingerprint density at radius 2 is 2.00 bits per heavy atom. The molecule has 0 saturated carbocycles. The van der Waals surface area contributed by atoms with Crippen LogP contribution in [0.1, 0.15) is 31.0 Å². The minimum absolute atomic E-state index is 0.0188. The number of carbonyl (C=O) groups is 1. The quantitative estimate of drug-likeness (QED) is 0.863. The normalized spacial score (nSPS) is 10.9. The lowest BCUT2D eigenvalue weighted by Crippen LogP contribution is -2.31. The zero-order chi connectivity index (χ0) is 15.2. The maximum atomic E-state index is 11.1. The van der Waals surface area contributed by atoms with Crippen LogP contribution in [0.3, 0.4) is 0 Å². The predicted molar refractivity (Wildman–Crippen MR) is 87.4 cm³/mol. The highest BCUT2D eigenvalue weighted by Crippen LogP contribution is 2.25. The summed E-state index contributed by atoms with van der Waals surface area (Å²) in [6.45, 7) is 5.30. The number of aromatic nitrogens is 1. The molecule has 0 radical (unpaired) electrons. The number of rotatable bonds is 6.